The van der Waals surface area contributed by atoms with Crippen LogP contribution in [0.2, 0.25) is 0 Å². The molecule has 0 fully saturated rings. The Hall–Kier alpha value is -2.89. The zero-order valence-corrected chi connectivity index (χ0v) is 15.1. The number of carbonyl (C=O) groups excluding carboxylic acids is 1. The highest BCUT2D eigenvalue weighted by molar-refractivity contribution is 5.97. The second-order valence-corrected chi connectivity index (χ2v) is 7.11. The van der Waals surface area contributed by atoms with E-state index in [1.165, 1.54) is 4.57 Å². The predicted molar refractivity (Wildman–Crippen MR) is 97.9 cm³/mol. The van der Waals surface area contributed by atoms with Gasteiger partial charge in [-0.2, -0.15) is 0 Å². The normalized spacial score (nSPS) is 11.9. The van der Waals surface area contributed by atoms with E-state index in [0.29, 0.717) is 16.6 Å². The van der Waals surface area contributed by atoms with Crippen molar-refractivity contribution in [3.63, 3.8) is 0 Å². The SMILES string of the molecule is C=Cc1cc(C)cc2c(=O)n(C)c3c(C(=O)OC(C)(C)C)ncn3c12. The van der Waals surface area contributed by atoms with Gasteiger partial charge < -0.3 is 4.74 Å². The van der Waals surface area contributed by atoms with Crippen LogP contribution < -0.4 is 5.56 Å². The van der Waals surface area contributed by atoms with E-state index in [0.717, 1.165) is 11.1 Å². The molecular weight excluding hydrogens is 318 g/mol. The summed E-state index contributed by atoms with van der Waals surface area (Å²) < 4.78 is 8.60. The fourth-order valence-corrected chi connectivity index (χ4v) is 2.97. The van der Waals surface area contributed by atoms with Crippen molar-refractivity contribution in [1.29, 1.82) is 0 Å². The van der Waals surface area contributed by atoms with Crippen molar-refractivity contribution < 1.29 is 9.53 Å². The summed E-state index contributed by atoms with van der Waals surface area (Å²) in [5.74, 6) is -0.559. The van der Waals surface area contributed by atoms with E-state index in [1.807, 2.05) is 19.1 Å². The molecule has 0 unspecified atom stereocenters. The molecule has 0 N–H and O–H groups in total. The number of esters is 1. The fourth-order valence-electron chi connectivity index (χ4n) is 2.97. The van der Waals surface area contributed by atoms with Gasteiger partial charge in [-0.15, -0.1) is 0 Å². The molecule has 0 saturated carbocycles. The van der Waals surface area contributed by atoms with Crippen LogP contribution in [-0.2, 0) is 11.8 Å². The van der Waals surface area contributed by atoms with Crippen LogP contribution in [0, 0.1) is 6.92 Å². The number of hydrogen-bond donors (Lipinski definition) is 0. The molecular formula is C19H21N3O3. The smallest absolute Gasteiger partial charge is 0.361 e. The lowest BCUT2D eigenvalue weighted by atomic mass is 10.1. The molecule has 6 heteroatoms. The Morgan fingerprint density at radius 2 is 2.00 bits per heavy atom. The first-order valence-corrected chi connectivity index (χ1v) is 8.00. The first kappa shape index (κ1) is 17.0. The van der Waals surface area contributed by atoms with Crippen LogP contribution in [0.25, 0.3) is 22.6 Å². The molecule has 0 aliphatic rings. The zero-order chi connectivity index (χ0) is 18.5. The van der Waals surface area contributed by atoms with E-state index in [-0.39, 0.29) is 11.3 Å². The van der Waals surface area contributed by atoms with Gasteiger partial charge in [-0.3, -0.25) is 13.8 Å². The van der Waals surface area contributed by atoms with Crippen molar-refractivity contribution in [3.05, 3.63) is 52.2 Å². The number of aromatic nitrogens is 3. The molecule has 0 aliphatic heterocycles. The van der Waals surface area contributed by atoms with E-state index < -0.39 is 11.6 Å². The molecule has 0 spiro atoms. The Bertz CT molecular complexity index is 1080. The molecule has 6 nitrogen and oxygen atoms in total. The van der Waals surface area contributed by atoms with Gasteiger partial charge in [0.1, 0.15) is 11.9 Å². The minimum atomic E-state index is -0.647. The van der Waals surface area contributed by atoms with Gasteiger partial charge in [-0.25, -0.2) is 9.78 Å². The van der Waals surface area contributed by atoms with E-state index in [4.69, 9.17) is 4.74 Å². The molecule has 2 heterocycles. The highest BCUT2D eigenvalue weighted by Crippen LogP contribution is 2.23. The van der Waals surface area contributed by atoms with Crippen molar-refractivity contribution in [2.45, 2.75) is 33.3 Å². The maximum Gasteiger partial charge on any atom is 0.361 e. The van der Waals surface area contributed by atoms with Crippen LogP contribution in [0.3, 0.4) is 0 Å². The second-order valence-electron chi connectivity index (χ2n) is 7.11. The van der Waals surface area contributed by atoms with Gasteiger partial charge in [-0.05, 0) is 51.0 Å². The molecule has 0 amide bonds. The molecule has 3 rings (SSSR count). The summed E-state index contributed by atoms with van der Waals surface area (Å²) >= 11 is 0. The molecule has 25 heavy (non-hydrogen) atoms. The van der Waals surface area contributed by atoms with Crippen molar-refractivity contribution in [2.24, 2.45) is 7.05 Å². The van der Waals surface area contributed by atoms with Gasteiger partial charge in [0, 0.05) is 7.05 Å². The maximum absolute atomic E-state index is 12.9. The lowest BCUT2D eigenvalue weighted by Crippen LogP contribution is -2.26. The number of nitrogens with zero attached hydrogens (tertiary/aromatic N) is 3. The van der Waals surface area contributed by atoms with Crippen molar-refractivity contribution >= 4 is 28.6 Å². The number of hydrogen-bond acceptors (Lipinski definition) is 4. The molecule has 3 aromatic rings. The molecule has 0 atom stereocenters. The number of rotatable bonds is 2. The van der Waals surface area contributed by atoms with Crippen LogP contribution in [0.4, 0.5) is 0 Å². The molecule has 130 valence electrons. The van der Waals surface area contributed by atoms with Gasteiger partial charge >= 0.3 is 5.97 Å². The van der Waals surface area contributed by atoms with Crippen LogP contribution in [0.15, 0.2) is 29.8 Å². The number of fused-ring (bicyclic) bond motifs is 3. The van der Waals surface area contributed by atoms with Gasteiger partial charge in [0.2, 0.25) is 0 Å². The number of benzene rings is 1. The monoisotopic (exact) mass is 339 g/mol. The Kier molecular flexibility index (Phi) is 3.78. The third-order valence-corrected chi connectivity index (χ3v) is 3.93. The minimum Gasteiger partial charge on any atom is -0.455 e. The number of aryl methyl sites for hydroxylation is 2. The first-order valence-electron chi connectivity index (χ1n) is 8.00. The zero-order valence-electron chi connectivity index (χ0n) is 15.1. The van der Waals surface area contributed by atoms with Gasteiger partial charge in [0.25, 0.3) is 5.56 Å². The molecule has 0 aliphatic carbocycles. The highest BCUT2D eigenvalue weighted by atomic mass is 16.6. The summed E-state index contributed by atoms with van der Waals surface area (Å²) in [5.41, 5.74) is 2.13. The third-order valence-electron chi connectivity index (χ3n) is 3.93. The first-order chi connectivity index (χ1) is 11.6. The molecule has 0 bridgehead atoms. The molecule has 1 aromatic carbocycles. The largest absolute Gasteiger partial charge is 0.455 e. The molecule has 0 radical (unpaired) electrons. The predicted octanol–water partition coefficient (Wildman–Crippen LogP) is 3.09. The Labute approximate surface area is 145 Å². The molecule has 0 saturated heterocycles. The summed E-state index contributed by atoms with van der Waals surface area (Å²) in [6.45, 7) is 11.1. The average Bonchev–Trinajstić information content (AvgIpc) is 2.95. The van der Waals surface area contributed by atoms with Crippen LogP contribution >= 0.6 is 0 Å². The Morgan fingerprint density at radius 3 is 2.60 bits per heavy atom. The topological polar surface area (TPSA) is 65.6 Å². The molecule has 2 aromatic heterocycles. The van der Waals surface area contributed by atoms with Crippen LogP contribution in [0.1, 0.15) is 42.4 Å². The van der Waals surface area contributed by atoms with Crippen LogP contribution in [-0.4, -0.2) is 25.5 Å². The van der Waals surface area contributed by atoms with E-state index in [1.54, 1.807) is 44.6 Å². The van der Waals surface area contributed by atoms with E-state index in [2.05, 4.69) is 11.6 Å². The standard InChI is InChI=1S/C19H21N3O3/c1-7-12-8-11(2)9-13-15(12)22-10-20-14(16(22)21(6)17(13)23)18(24)25-19(3,4)5/h7-10H,1H2,2-6H3. The van der Waals surface area contributed by atoms with Gasteiger partial charge in [-0.1, -0.05) is 12.7 Å². The average molecular weight is 339 g/mol. The minimum absolute atomic E-state index is 0.118. The number of ether oxygens (including phenoxy) is 1. The quantitative estimate of drug-likeness (QED) is 0.673. The lowest BCUT2D eigenvalue weighted by Gasteiger charge is -2.19. The number of imidazole rings is 1. The van der Waals surface area contributed by atoms with Gasteiger partial charge in [0.05, 0.1) is 10.9 Å². The highest BCUT2D eigenvalue weighted by Gasteiger charge is 2.25. The van der Waals surface area contributed by atoms with E-state index >= 15 is 0 Å². The third kappa shape index (κ3) is 2.73. The van der Waals surface area contributed by atoms with Crippen molar-refractivity contribution in [3.8, 4) is 0 Å². The van der Waals surface area contributed by atoms with Crippen LogP contribution in [0.5, 0.6) is 0 Å². The summed E-state index contributed by atoms with van der Waals surface area (Å²) in [7, 11) is 1.63. The lowest BCUT2D eigenvalue weighted by molar-refractivity contribution is 0.00653. The summed E-state index contributed by atoms with van der Waals surface area (Å²) in [4.78, 5) is 29.6. The van der Waals surface area contributed by atoms with Crippen molar-refractivity contribution in [2.75, 3.05) is 0 Å². The Morgan fingerprint density at radius 1 is 1.32 bits per heavy atom. The summed E-state index contributed by atoms with van der Waals surface area (Å²) in [6, 6.07) is 3.78. The Balaban J connectivity index is 2.42. The van der Waals surface area contributed by atoms with Crippen molar-refractivity contribution in [1.82, 2.24) is 14.0 Å². The second kappa shape index (κ2) is 5.58. The number of carbonyl (C=O) groups is 1. The summed E-state index contributed by atoms with van der Waals surface area (Å²) in [6.07, 6.45) is 3.24. The van der Waals surface area contributed by atoms with Gasteiger partial charge in [0.15, 0.2) is 11.3 Å². The fraction of sp³-hybridized carbons (Fsp3) is 0.316. The maximum atomic E-state index is 12.9. The summed E-state index contributed by atoms with van der Waals surface area (Å²) in [5, 5.41) is 0.554. The van der Waals surface area contributed by atoms with E-state index in [9.17, 15) is 9.59 Å².